The van der Waals surface area contributed by atoms with Gasteiger partial charge >= 0.3 is 11.9 Å². The fraction of sp³-hybridized carbons (Fsp3) is 0.405. The van der Waals surface area contributed by atoms with E-state index in [1.54, 1.807) is 6.08 Å². The monoisotopic (exact) mass is 682 g/mol. The number of allylic oxidation sites excluding steroid dienone is 8. The summed E-state index contributed by atoms with van der Waals surface area (Å²) in [5, 5.41) is 31.4. The molecule has 0 saturated heterocycles. The second kappa shape index (κ2) is 16.2. The Kier molecular flexibility index (Phi) is 12.3. The predicted molar refractivity (Wildman–Crippen MR) is 194 cm³/mol. The molecule has 1 spiro atoms. The van der Waals surface area contributed by atoms with Gasteiger partial charge in [-0.3, -0.25) is 9.59 Å². The number of aromatic hydroxyl groups is 3. The first-order chi connectivity index (χ1) is 23.7. The maximum absolute atomic E-state index is 14.4. The number of rotatable bonds is 15. The highest BCUT2D eigenvalue weighted by Crippen LogP contribution is 2.60. The van der Waals surface area contributed by atoms with E-state index in [1.807, 2.05) is 26.8 Å². The van der Waals surface area contributed by atoms with Crippen molar-refractivity contribution in [2.24, 2.45) is 5.41 Å². The molecule has 0 fully saturated rings. The Hall–Kier alpha value is -4.85. The molecule has 3 N–H and O–H groups in total. The zero-order valence-electron chi connectivity index (χ0n) is 30.1. The van der Waals surface area contributed by atoms with Crippen molar-refractivity contribution in [1.82, 2.24) is 0 Å². The number of phenols is 3. The zero-order chi connectivity index (χ0) is 36.6. The van der Waals surface area contributed by atoms with Gasteiger partial charge < -0.3 is 24.8 Å². The normalized spacial score (nSPS) is 20.2. The number of benzene rings is 2. The van der Waals surface area contributed by atoms with Gasteiger partial charge in [0.1, 0.15) is 28.4 Å². The van der Waals surface area contributed by atoms with Gasteiger partial charge in [-0.1, -0.05) is 46.6 Å². The molecule has 8 nitrogen and oxygen atoms in total. The van der Waals surface area contributed by atoms with Crippen LogP contribution in [0.2, 0.25) is 0 Å². The first-order valence-electron chi connectivity index (χ1n) is 17.3. The van der Waals surface area contributed by atoms with E-state index >= 15 is 0 Å². The average molecular weight is 683 g/mol. The molecule has 2 aromatic carbocycles. The van der Waals surface area contributed by atoms with Gasteiger partial charge in [0.05, 0.1) is 5.56 Å². The smallest absolute Gasteiger partial charge is 0.335 e. The summed E-state index contributed by atoms with van der Waals surface area (Å²) in [4.78, 5) is 42.3. The highest BCUT2D eigenvalue weighted by molar-refractivity contribution is 6.03. The van der Waals surface area contributed by atoms with E-state index in [0.717, 1.165) is 37.3 Å². The quantitative estimate of drug-likeness (QED) is 0.0557. The van der Waals surface area contributed by atoms with Crippen LogP contribution in [0, 0.1) is 5.41 Å². The number of hydrogen-bond donors (Lipinski definition) is 3. The van der Waals surface area contributed by atoms with Crippen LogP contribution >= 0.6 is 0 Å². The number of carbonyl (C=O) groups excluding carboxylic acids is 3. The van der Waals surface area contributed by atoms with Gasteiger partial charge in [0.25, 0.3) is 0 Å². The molecule has 0 saturated carbocycles. The molecular formula is C42H50O8. The van der Waals surface area contributed by atoms with Crippen LogP contribution in [-0.2, 0) is 19.9 Å². The van der Waals surface area contributed by atoms with Gasteiger partial charge in [0.15, 0.2) is 11.4 Å². The van der Waals surface area contributed by atoms with Crippen molar-refractivity contribution < 1.29 is 39.2 Å². The SMILES string of the molecule is CC(C)=CCC/C(C)=C/CCC1=C[C@]2(OC1=O)c1cc(O)ccc1OC(=O)[C@]2(CC/C=C(\C)CCC=C(C)C)CC(=O)c1cc(O)ccc1O. The third-order valence-electron chi connectivity index (χ3n) is 9.46. The Morgan fingerprint density at radius 3 is 2.00 bits per heavy atom. The average Bonchev–Trinajstić information content (AvgIpc) is 3.37. The number of Topliss-reactive ketones (excluding diaryl/α,β-unsaturated/α-hetero) is 1. The Bertz CT molecular complexity index is 1780. The lowest BCUT2D eigenvalue weighted by atomic mass is 9.61. The van der Waals surface area contributed by atoms with Crippen LogP contribution < -0.4 is 4.74 Å². The first kappa shape index (κ1) is 38.0. The van der Waals surface area contributed by atoms with Crippen molar-refractivity contribution in [3.63, 3.8) is 0 Å². The number of fused-ring (bicyclic) bond motifs is 2. The summed E-state index contributed by atoms with van der Waals surface area (Å²) in [6, 6.07) is 7.85. The largest absolute Gasteiger partial charge is 0.508 e. The Morgan fingerprint density at radius 2 is 1.36 bits per heavy atom. The highest BCUT2D eigenvalue weighted by atomic mass is 16.6. The van der Waals surface area contributed by atoms with Crippen LogP contribution in [0.25, 0.3) is 0 Å². The number of esters is 2. The van der Waals surface area contributed by atoms with Gasteiger partial charge in [-0.2, -0.15) is 0 Å². The van der Waals surface area contributed by atoms with E-state index in [1.165, 1.54) is 47.1 Å². The molecule has 2 aromatic rings. The van der Waals surface area contributed by atoms with Crippen LogP contribution in [-0.4, -0.2) is 33.0 Å². The third-order valence-corrected chi connectivity index (χ3v) is 9.46. The molecule has 2 aliphatic heterocycles. The molecule has 0 amide bonds. The predicted octanol–water partition coefficient (Wildman–Crippen LogP) is 9.61. The standard InChI is InChI=1S/C42H50O8/c1-27(2)11-7-13-29(5)15-9-17-31-25-42(50-39(31)47)35-24-33(44)19-21-38(35)49-40(48)41(42,22-10-16-30(6)14-8-12-28(3)4)26-37(46)34-23-32(43)18-20-36(34)45/h11-12,15-16,18-21,23-25,43-45H,7-10,13-14,17,22,26H2,1-6H3/b29-15+,30-16+/t41-,42-/m0/s1. The maximum atomic E-state index is 14.4. The van der Waals surface area contributed by atoms with Crippen molar-refractivity contribution >= 4 is 17.7 Å². The van der Waals surface area contributed by atoms with Crippen LogP contribution in [0.5, 0.6) is 23.0 Å². The molecule has 2 aliphatic rings. The van der Waals surface area contributed by atoms with Crippen LogP contribution in [0.15, 0.2) is 94.6 Å². The first-order valence-corrected chi connectivity index (χ1v) is 17.3. The lowest BCUT2D eigenvalue weighted by molar-refractivity contribution is -0.180. The van der Waals surface area contributed by atoms with Gasteiger partial charge in [-0.25, -0.2) is 4.79 Å². The topological polar surface area (TPSA) is 130 Å². The zero-order valence-corrected chi connectivity index (χ0v) is 30.1. The molecule has 266 valence electrons. The van der Waals surface area contributed by atoms with Crippen molar-refractivity contribution in [1.29, 1.82) is 0 Å². The molecule has 8 heteroatoms. The van der Waals surface area contributed by atoms with Crippen LogP contribution in [0.3, 0.4) is 0 Å². The lowest BCUT2D eigenvalue weighted by Crippen LogP contribution is -2.56. The molecule has 2 atom stereocenters. The molecule has 50 heavy (non-hydrogen) atoms. The van der Waals surface area contributed by atoms with Crippen molar-refractivity contribution in [3.05, 3.63) is 106 Å². The van der Waals surface area contributed by atoms with Crippen LogP contribution in [0.4, 0.5) is 0 Å². The Morgan fingerprint density at radius 1 is 0.760 bits per heavy atom. The van der Waals surface area contributed by atoms with E-state index in [9.17, 15) is 29.7 Å². The summed E-state index contributed by atoms with van der Waals surface area (Å²) in [6.45, 7) is 12.3. The van der Waals surface area contributed by atoms with Gasteiger partial charge in [0, 0.05) is 17.6 Å². The summed E-state index contributed by atoms with van der Waals surface area (Å²) >= 11 is 0. The van der Waals surface area contributed by atoms with Gasteiger partial charge in [-0.05, 0) is 135 Å². The third kappa shape index (κ3) is 8.65. The van der Waals surface area contributed by atoms with Crippen molar-refractivity contribution in [2.75, 3.05) is 0 Å². The Balaban J connectivity index is 1.81. The lowest BCUT2D eigenvalue weighted by Gasteiger charge is -2.47. The minimum absolute atomic E-state index is 0.0483. The Labute approximate surface area is 295 Å². The van der Waals surface area contributed by atoms with E-state index in [4.69, 9.17) is 9.47 Å². The number of hydrogen-bond acceptors (Lipinski definition) is 8. The highest BCUT2D eigenvalue weighted by Gasteiger charge is 2.66. The van der Waals surface area contributed by atoms with E-state index in [2.05, 4.69) is 39.0 Å². The summed E-state index contributed by atoms with van der Waals surface area (Å²) in [7, 11) is 0. The number of ketones is 1. The fourth-order valence-corrected chi connectivity index (χ4v) is 6.71. The van der Waals surface area contributed by atoms with Crippen molar-refractivity contribution in [2.45, 2.75) is 105 Å². The second-order valence-corrected chi connectivity index (χ2v) is 14.1. The second-order valence-electron chi connectivity index (χ2n) is 14.1. The van der Waals surface area contributed by atoms with E-state index in [-0.39, 0.29) is 40.5 Å². The number of carbonyl (C=O) groups is 3. The molecule has 0 aromatic heterocycles. The van der Waals surface area contributed by atoms with Gasteiger partial charge in [0.2, 0.25) is 0 Å². The molecule has 0 radical (unpaired) electrons. The van der Waals surface area contributed by atoms with Crippen molar-refractivity contribution in [3.8, 4) is 23.0 Å². The van der Waals surface area contributed by atoms with Crippen LogP contribution in [0.1, 0.15) is 115 Å². The molecule has 0 bridgehead atoms. The minimum Gasteiger partial charge on any atom is -0.508 e. The molecule has 0 unspecified atom stereocenters. The maximum Gasteiger partial charge on any atom is 0.335 e. The molecule has 2 heterocycles. The summed E-state index contributed by atoms with van der Waals surface area (Å²) in [6.07, 6.45) is 14.4. The van der Waals surface area contributed by atoms with E-state index < -0.39 is 35.2 Å². The minimum atomic E-state index is -1.79. The van der Waals surface area contributed by atoms with E-state index in [0.29, 0.717) is 24.8 Å². The number of ether oxygens (including phenoxy) is 2. The van der Waals surface area contributed by atoms with Gasteiger partial charge in [-0.15, -0.1) is 0 Å². The summed E-state index contributed by atoms with van der Waals surface area (Å²) in [5.41, 5.74) is 1.62. The molecular weight excluding hydrogens is 632 g/mol. The summed E-state index contributed by atoms with van der Waals surface area (Å²) in [5.74, 6) is -2.63. The number of phenolic OH excluding ortho intramolecular Hbond substituents is 3. The fourth-order valence-electron chi connectivity index (χ4n) is 6.71. The molecule has 0 aliphatic carbocycles. The summed E-state index contributed by atoms with van der Waals surface area (Å²) < 4.78 is 12.2. The molecule has 4 rings (SSSR count).